The highest BCUT2D eigenvalue weighted by atomic mass is 16.1. The van der Waals surface area contributed by atoms with Gasteiger partial charge < -0.3 is 16.0 Å². The quantitative estimate of drug-likeness (QED) is 0.161. The Hall–Kier alpha value is -5.59. The van der Waals surface area contributed by atoms with Crippen molar-refractivity contribution in [1.82, 2.24) is 9.97 Å². The van der Waals surface area contributed by atoms with Crippen LogP contribution in [0.25, 0.3) is 10.9 Å². The molecule has 0 saturated heterocycles. The van der Waals surface area contributed by atoms with Gasteiger partial charge in [-0.25, -0.2) is 0 Å². The maximum Gasteiger partial charge on any atom is 0.255 e. The van der Waals surface area contributed by atoms with Gasteiger partial charge in [0.25, 0.3) is 5.91 Å². The molecule has 0 unspecified atom stereocenters. The molecule has 5 aromatic rings. The van der Waals surface area contributed by atoms with Gasteiger partial charge in [-0.2, -0.15) is 0 Å². The zero-order chi connectivity index (χ0) is 26.9. The largest absolute Gasteiger partial charge is 0.355 e. The Balaban J connectivity index is 1.32. The average molecular weight is 508 g/mol. The number of carbonyl (C=O) groups excluding carboxylic acids is 1. The third-order valence-electron chi connectivity index (χ3n) is 5.86. The molecule has 0 spiro atoms. The monoisotopic (exact) mass is 507 g/mol. The molecule has 0 saturated carbocycles. The molecule has 2 heterocycles. The van der Waals surface area contributed by atoms with Crippen LogP contribution in [0.4, 0.5) is 28.4 Å². The van der Waals surface area contributed by atoms with Crippen LogP contribution in [0, 0.1) is 24.2 Å². The second kappa shape index (κ2) is 12.1. The van der Waals surface area contributed by atoms with Crippen molar-refractivity contribution < 1.29 is 4.79 Å². The van der Waals surface area contributed by atoms with Gasteiger partial charge in [0.05, 0.1) is 5.52 Å². The zero-order valence-electron chi connectivity index (χ0n) is 21.1. The van der Waals surface area contributed by atoms with Crippen LogP contribution < -0.4 is 16.0 Å². The number of benzene rings is 3. The van der Waals surface area contributed by atoms with Crippen molar-refractivity contribution in [3.63, 3.8) is 0 Å². The normalized spacial score (nSPS) is 10.1. The second-order valence-corrected chi connectivity index (χ2v) is 8.70. The Morgan fingerprint density at radius 2 is 1.56 bits per heavy atom. The molecule has 5 rings (SSSR count). The van der Waals surface area contributed by atoms with Crippen molar-refractivity contribution in [3.05, 3.63) is 115 Å². The Bertz CT molecular complexity index is 1730. The number of fused-ring (bicyclic) bond motifs is 1. The predicted molar refractivity (Wildman–Crippen MR) is 158 cm³/mol. The van der Waals surface area contributed by atoms with Crippen molar-refractivity contribution in [3.8, 4) is 24.2 Å². The van der Waals surface area contributed by atoms with Crippen molar-refractivity contribution >= 4 is 45.2 Å². The molecule has 0 bridgehead atoms. The van der Waals surface area contributed by atoms with E-state index < -0.39 is 0 Å². The van der Waals surface area contributed by atoms with E-state index in [9.17, 15) is 4.79 Å². The van der Waals surface area contributed by atoms with E-state index in [-0.39, 0.29) is 5.91 Å². The molecular weight excluding hydrogens is 482 g/mol. The topological polar surface area (TPSA) is 78.9 Å². The molecule has 39 heavy (non-hydrogen) atoms. The van der Waals surface area contributed by atoms with E-state index >= 15 is 0 Å². The van der Waals surface area contributed by atoms with E-state index in [4.69, 9.17) is 6.42 Å². The molecule has 3 aromatic carbocycles. The standard InChI is InChI=1S/C33H25N5O/c1-2-3-4-5-8-24-13-14-31-30(21-24)32(17-20-35-31)37-27-10-6-9-25(22-27)33(39)38-29-12-7-11-28(23-29)36-26-15-18-34-19-16-26/h1,6-7,9-23H,3-4H2,(H,34,36)(H,35,37)(H,38,39). The molecule has 2 aromatic heterocycles. The van der Waals surface area contributed by atoms with Gasteiger partial charge in [0.15, 0.2) is 0 Å². The number of pyridine rings is 2. The van der Waals surface area contributed by atoms with Gasteiger partial charge in [-0.05, 0) is 72.8 Å². The van der Waals surface area contributed by atoms with E-state index in [1.165, 1.54) is 0 Å². The lowest BCUT2D eigenvalue weighted by atomic mass is 10.1. The number of anilines is 5. The SMILES string of the molecule is C#CCCC#Cc1ccc2nccc(Nc3cccc(C(=O)Nc4cccc(Nc5ccncc5)c4)c3)c2c1. The van der Waals surface area contributed by atoms with Gasteiger partial charge in [-0.15, -0.1) is 12.3 Å². The summed E-state index contributed by atoms with van der Waals surface area (Å²) in [5, 5.41) is 10.7. The number of terminal acetylenes is 1. The number of unbranched alkanes of at least 4 members (excludes halogenated alkanes) is 1. The molecule has 0 aliphatic rings. The molecule has 0 aliphatic heterocycles. The molecule has 0 aliphatic carbocycles. The maximum absolute atomic E-state index is 13.1. The number of nitrogens with zero attached hydrogens (tertiary/aromatic N) is 2. The lowest BCUT2D eigenvalue weighted by molar-refractivity contribution is 0.102. The highest BCUT2D eigenvalue weighted by Gasteiger charge is 2.09. The van der Waals surface area contributed by atoms with E-state index in [0.717, 1.165) is 39.2 Å². The lowest BCUT2D eigenvalue weighted by Gasteiger charge is -2.12. The number of hydrogen-bond donors (Lipinski definition) is 3. The number of amides is 1. The number of carbonyl (C=O) groups is 1. The fourth-order valence-corrected chi connectivity index (χ4v) is 4.01. The van der Waals surface area contributed by atoms with Gasteiger partial charge in [-0.1, -0.05) is 24.0 Å². The van der Waals surface area contributed by atoms with E-state index in [0.29, 0.717) is 24.1 Å². The minimum atomic E-state index is -0.205. The highest BCUT2D eigenvalue weighted by Crippen LogP contribution is 2.27. The van der Waals surface area contributed by atoms with Crippen LogP contribution in [0.5, 0.6) is 0 Å². The van der Waals surface area contributed by atoms with E-state index in [1.807, 2.05) is 78.9 Å². The molecular formula is C33H25N5O. The van der Waals surface area contributed by atoms with Gasteiger partial charge in [-0.3, -0.25) is 14.8 Å². The number of hydrogen-bond acceptors (Lipinski definition) is 5. The van der Waals surface area contributed by atoms with Gasteiger partial charge >= 0.3 is 0 Å². The maximum atomic E-state index is 13.1. The first-order valence-corrected chi connectivity index (χ1v) is 12.4. The number of nitrogens with one attached hydrogen (secondary N) is 3. The molecule has 188 valence electrons. The molecule has 1 amide bonds. The van der Waals surface area contributed by atoms with Crippen LogP contribution in [0.15, 0.2) is 104 Å². The number of aromatic nitrogens is 2. The first-order chi connectivity index (χ1) is 19.2. The average Bonchev–Trinajstić information content (AvgIpc) is 2.96. The Labute approximate surface area is 227 Å². The summed E-state index contributed by atoms with van der Waals surface area (Å²) in [5.41, 5.74) is 6.40. The van der Waals surface area contributed by atoms with Gasteiger partial charge in [0.2, 0.25) is 0 Å². The van der Waals surface area contributed by atoms with Crippen LogP contribution in [0.2, 0.25) is 0 Å². The summed E-state index contributed by atoms with van der Waals surface area (Å²) in [6.45, 7) is 0. The first kappa shape index (κ1) is 25.1. The third-order valence-corrected chi connectivity index (χ3v) is 5.86. The van der Waals surface area contributed by atoms with Crippen LogP contribution in [-0.4, -0.2) is 15.9 Å². The van der Waals surface area contributed by atoms with E-state index in [2.05, 4.69) is 43.7 Å². The van der Waals surface area contributed by atoms with Crippen LogP contribution in [0.3, 0.4) is 0 Å². The summed E-state index contributed by atoms with van der Waals surface area (Å²) in [6, 6.07) is 26.5. The third kappa shape index (κ3) is 6.60. The summed E-state index contributed by atoms with van der Waals surface area (Å²) >= 11 is 0. The number of rotatable bonds is 7. The molecule has 0 radical (unpaired) electrons. The van der Waals surface area contributed by atoms with Crippen molar-refractivity contribution in [2.24, 2.45) is 0 Å². The van der Waals surface area contributed by atoms with Crippen molar-refractivity contribution in [1.29, 1.82) is 0 Å². The smallest absolute Gasteiger partial charge is 0.255 e. The van der Waals surface area contributed by atoms with Crippen LogP contribution in [-0.2, 0) is 0 Å². The lowest BCUT2D eigenvalue weighted by Crippen LogP contribution is -2.12. The second-order valence-electron chi connectivity index (χ2n) is 8.70. The van der Waals surface area contributed by atoms with Crippen molar-refractivity contribution in [2.75, 3.05) is 16.0 Å². The predicted octanol–water partition coefficient (Wildman–Crippen LogP) is 7.13. The molecule has 3 N–H and O–H groups in total. The Kier molecular flexibility index (Phi) is 7.78. The molecule has 6 heteroatoms. The van der Waals surface area contributed by atoms with Crippen LogP contribution >= 0.6 is 0 Å². The first-order valence-electron chi connectivity index (χ1n) is 12.4. The summed E-state index contributed by atoms with van der Waals surface area (Å²) in [6.07, 6.45) is 11.8. The fraction of sp³-hybridized carbons (Fsp3) is 0.0606. The van der Waals surface area contributed by atoms with Gasteiger partial charge in [0.1, 0.15) is 0 Å². The summed E-state index contributed by atoms with van der Waals surface area (Å²) in [7, 11) is 0. The van der Waals surface area contributed by atoms with E-state index in [1.54, 1.807) is 24.7 Å². The fourth-order valence-electron chi connectivity index (χ4n) is 4.01. The van der Waals surface area contributed by atoms with Crippen LogP contribution in [0.1, 0.15) is 28.8 Å². The molecule has 0 atom stereocenters. The Morgan fingerprint density at radius 1 is 0.769 bits per heavy atom. The molecule has 6 nitrogen and oxygen atoms in total. The minimum Gasteiger partial charge on any atom is -0.355 e. The minimum absolute atomic E-state index is 0.205. The zero-order valence-corrected chi connectivity index (χ0v) is 21.1. The van der Waals surface area contributed by atoms with Crippen molar-refractivity contribution in [2.45, 2.75) is 12.8 Å². The summed E-state index contributed by atoms with van der Waals surface area (Å²) in [4.78, 5) is 21.6. The summed E-state index contributed by atoms with van der Waals surface area (Å²) in [5.74, 6) is 8.67. The highest BCUT2D eigenvalue weighted by molar-refractivity contribution is 6.05. The Morgan fingerprint density at radius 3 is 2.41 bits per heavy atom. The summed E-state index contributed by atoms with van der Waals surface area (Å²) < 4.78 is 0. The van der Waals surface area contributed by atoms with Gasteiger partial charge in [0, 0.05) is 76.4 Å². The molecule has 0 fully saturated rings.